The summed E-state index contributed by atoms with van der Waals surface area (Å²) in [7, 11) is 0. The van der Waals surface area contributed by atoms with E-state index in [0.717, 1.165) is 18.7 Å². The first-order valence-corrected chi connectivity index (χ1v) is 5.99. The highest BCUT2D eigenvalue weighted by Crippen LogP contribution is 2.15. The van der Waals surface area contributed by atoms with E-state index in [1.54, 1.807) is 11.8 Å². The normalized spacial score (nSPS) is 19.3. The molecule has 0 spiro atoms. The number of hydrogen-bond acceptors (Lipinski definition) is 4. The fourth-order valence-corrected chi connectivity index (χ4v) is 2.00. The molecule has 1 fully saturated rings. The van der Waals surface area contributed by atoms with Crippen LogP contribution in [0.4, 0.5) is 4.79 Å². The number of urea groups is 1. The van der Waals surface area contributed by atoms with E-state index >= 15 is 0 Å². The van der Waals surface area contributed by atoms with Crippen LogP contribution in [0.25, 0.3) is 0 Å². The van der Waals surface area contributed by atoms with E-state index in [1.165, 1.54) is 0 Å². The van der Waals surface area contributed by atoms with Gasteiger partial charge in [0.1, 0.15) is 5.82 Å². The lowest BCUT2D eigenvalue weighted by Gasteiger charge is -2.29. The van der Waals surface area contributed by atoms with Crippen LogP contribution in [0.1, 0.15) is 24.5 Å². The molecule has 7 heteroatoms. The lowest BCUT2D eigenvalue weighted by molar-refractivity contribution is 0.176. The number of aromatic nitrogens is 3. The quantitative estimate of drug-likeness (QED) is 0.798. The summed E-state index contributed by atoms with van der Waals surface area (Å²) in [4.78, 5) is 17.7. The second-order valence-corrected chi connectivity index (χ2v) is 4.41. The van der Waals surface area contributed by atoms with E-state index in [9.17, 15) is 4.79 Å². The molecule has 1 saturated heterocycles. The number of carbonyl (C=O) groups is 1. The molecule has 0 aliphatic carbocycles. The van der Waals surface area contributed by atoms with E-state index < -0.39 is 0 Å². The molecule has 2 heterocycles. The van der Waals surface area contributed by atoms with Crippen molar-refractivity contribution >= 4 is 6.03 Å². The molecule has 2 rings (SSSR count). The second kappa shape index (κ2) is 5.49. The number of carbonyl (C=O) groups excluding carboxylic acids is 1. The van der Waals surface area contributed by atoms with E-state index in [1.807, 2.05) is 0 Å². The maximum absolute atomic E-state index is 11.9. The molecule has 0 unspecified atom stereocenters. The molecule has 0 radical (unpaired) electrons. The average Bonchev–Trinajstić information content (AvgIpc) is 2.82. The van der Waals surface area contributed by atoms with Gasteiger partial charge in [-0.2, -0.15) is 10.4 Å². The minimum Gasteiger partial charge on any atom is -0.331 e. The molecule has 1 aliphatic rings. The molecule has 2 amide bonds. The Hall–Kier alpha value is -2.10. The molecule has 0 bridgehead atoms. The van der Waals surface area contributed by atoms with Gasteiger partial charge >= 0.3 is 6.03 Å². The molecule has 1 aliphatic heterocycles. The standard InChI is InChI=1S/C11H16N6O/c1-8-14-10(16-15-8)6-13-11(18)17-4-2-3-9(5-12)7-17/h9H,2-4,6-7H2,1H3,(H,13,18)(H,14,15,16)/t9-/m1/s1. The molecule has 96 valence electrons. The first-order chi connectivity index (χ1) is 8.69. The first kappa shape index (κ1) is 12.4. The van der Waals surface area contributed by atoms with Crippen molar-refractivity contribution in [2.24, 2.45) is 5.92 Å². The fourth-order valence-electron chi connectivity index (χ4n) is 2.00. The second-order valence-electron chi connectivity index (χ2n) is 4.41. The maximum atomic E-state index is 11.9. The van der Waals surface area contributed by atoms with E-state index in [4.69, 9.17) is 5.26 Å². The van der Waals surface area contributed by atoms with E-state index in [-0.39, 0.29) is 11.9 Å². The largest absolute Gasteiger partial charge is 0.331 e. The summed E-state index contributed by atoms with van der Waals surface area (Å²) < 4.78 is 0. The number of aromatic amines is 1. The summed E-state index contributed by atoms with van der Waals surface area (Å²) in [6.45, 7) is 3.32. The molecule has 7 nitrogen and oxygen atoms in total. The van der Waals surface area contributed by atoms with Gasteiger partial charge in [-0.1, -0.05) is 0 Å². The van der Waals surface area contributed by atoms with E-state index in [2.05, 4.69) is 26.6 Å². The summed E-state index contributed by atoms with van der Waals surface area (Å²) in [5.74, 6) is 1.24. The minimum absolute atomic E-state index is 0.0461. The maximum Gasteiger partial charge on any atom is 0.317 e. The van der Waals surface area contributed by atoms with Crippen molar-refractivity contribution in [3.8, 4) is 6.07 Å². The van der Waals surface area contributed by atoms with Crippen LogP contribution in [-0.4, -0.2) is 39.2 Å². The highest BCUT2D eigenvalue weighted by atomic mass is 16.2. The summed E-state index contributed by atoms with van der Waals surface area (Å²) in [5.41, 5.74) is 0. The monoisotopic (exact) mass is 248 g/mol. The molecular weight excluding hydrogens is 232 g/mol. The predicted molar refractivity (Wildman–Crippen MR) is 63.3 cm³/mol. The number of amides is 2. The fraction of sp³-hybridized carbons (Fsp3) is 0.636. The minimum atomic E-state index is -0.155. The predicted octanol–water partition coefficient (Wildman–Crippen LogP) is 0.558. The van der Waals surface area contributed by atoms with Gasteiger partial charge in [-0.05, 0) is 19.8 Å². The van der Waals surface area contributed by atoms with Crippen LogP contribution in [0.2, 0.25) is 0 Å². The van der Waals surface area contributed by atoms with Gasteiger partial charge in [0.05, 0.1) is 18.5 Å². The van der Waals surface area contributed by atoms with Crippen LogP contribution < -0.4 is 5.32 Å². The van der Waals surface area contributed by atoms with Crippen molar-refractivity contribution in [2.75, 3.05) is 13.1 Å². The molecule has 18 heavy (non-hydrogen) atoms. The summed E-state index contributed by atoms with van der Waals surface area (Å²) in [6, 6.07) is 2.06. The third-order valence-electron chi connectivity index (χ3n) is 2.93. The Morgan fingerprint density at radius 3 is 3.22 bits per heavy atom. The van der Waals surface area contributed by atoms with Gasteiger partial charge in [-0.15, -0.1) is 0 Å². The Balaban J connectivity index is 1.82. The molecule has 1 aromatic rings. The molecule has 1 aromatic heterocycles. The highest BCUT2D eigenvalue weighted by Gasteiger charge is 2.23. The van der Waals surface area contributed by atoms with Gasteiger partial charge in [0.15, 0.2) is 5.82 Å². The van der Waals surface area contributed by atoms with Crippen LogP contribution in [-0.2, 0) is 6.54 Å². The van der Waals surface area contributed by atoms with Gasteiger partial charge in [0.25, 0.3) is 0 Å². The van der Waals surface area contributed by atoms with Crippen molar-refractivity contribution in [1.29, 1.82) is 5.26 Å². The van der Waals surface area contributed by atoms with E-state index in [0.29, 0.717) is 25.5 Å². The van der Waals surface area contributed by atoms with Gasteiger partial charge in [0.2, 0.25) is 0 Å². The number of rotatable bonds is 2. The highest BCUT2D eigenvalue weighted by molar-refractivity contribution is 5.74. The van der Waals surface area contributed by atoms with Gasteiger partial charge in [0, 0.05) is 13.1 Å². The van der Waals surface area contributed by atoms with Crippen molar-refractivity contribution in [3.05, 3.63) is 11.6 Å². The van der Waals surface area contributed by atoms with Crippen LogP contribution >= 0.6 is 0 Å². The van der Waals surface area contributed by atoms with Gasteiger partial charge in [-0.25, -0.2) is 9.78 Å². The zero-order chi connectivity index (χ0) is 13.0. The zero-order valence-corrected chi connectivity index (χ0v) is 10.3. The van der Waals surface area contributed by atoms with Crippen LogP contribution in [0, 0.1) is 24.2 Å². The number of nitriles is 1. The summed E-state index contributed by atoms with van der Waals surface area (Å²) >= 11 is 0. The topological polar surface area (TPSA) is 97.7 Å². The van der Waals surface area contributed by atoms with Crippen molar-refractivity contribution in [1.82, 2.24) is 25.4 Å². The van der Waals surface area contributed by atoms with Crippen LogP contribution in [0.3, 0.4) is 0 Å². The summed E-state index contributed by atoms with van der Waals surface area (Å²) in [5, 5.41) is 18.3. The van der Waals surface area contributed by atoms with Crippen molar-refractivity contribution in [2.45, 2.75) is 26.3 Å². The number of nitrogens with zero attached hydrogens (tertiary/aromatic N) is 4. The SMILES string of the molecule is Cc1nc(CNC(=O)N2CCC[C@H](C#N)C2)n[nH]1. The van der Waals surface area contributed by atoms with Crippen molar-refractivity contribution in [3.63, 3.8) is 0 Å². The molecule has 1 atom stereocenters. The smallest absolute Gasteiger partial charge is 0.317 e. The number of piperidine rings is 1. The Morgan fingerprint density at radius 1 is 1.72 bits per heavy atom. The number of hydrogen-bond donors (Lipinski definition) is 2. The van der Waals surface area contributed by atoms with Crippen LogP contribution in [0.5, 0.6) is 0 Å². The third-order valence-corrected chi connectivity index (χ3v) is 2.93. The van der Waals surface area contributed by atoms with Crippen LogP contribution in [0.15, 0.2) is 0 Å². The van der Waals surface area contributed by atoms with Gasteiger partial charge in [-0.3, -0.25) is 5.10 Å². The lowest BCUT2D eigenvalue weighted by Crippen LogP contribution is -2.45. The Bertz CT molecular complexity index is 462. The Labute approximate surface area is 105 Å². The third kappa shape index (κ3) is 2.97. The zero-order valence-electron chi connectivity index (χ0n) is 10.3. The molecule has 0 aromatic carbocycles. The Morgan fingerprint density at radius 2 is 2.56 bits per heavy atom. The number of nitrogens with one attached hydrogen (secondary N) is 2. The molecule has 0 saturated carbocycles. The first-order valence-electron chi connectivity index (χ1n) is 5.99. The number of H-pyrrole nitrogens is 1. The summed E-state index contributed by atoms with van der Waals surface area (Å²) in [6.07, 6.45) is 1.76. The molecule has 2 N–H and O–H groups in total. The average molecular weight is 248 g/mol. The van der Waals surface area contributed by atoms with Gasteiger partial charge < -0.3 is 10.2 Å². The lowest BCUT2D eigenvalue weighted by atomic mass is 10.0. The number of likely N-dealkylation sites (tertiary alicyclic amines) is 1. The number of aryl methyl sites for hydroxylation is 1. The Kier molecular flexibility index (Phi) is 3.77. The van der Waals surface area contributed by atoms with Crippen molar-refractivity contribution < 1.29 is 4.79 Å². The molecular formula is C11H16N6O.